The second kappa shape index (κ2) is 4.99. The number of ether oxygens (including phenoxy) is 1. The minimum atomic E-state index is -4.37. The van der Waals surface area contributed by atoms with Crippen LogP contribution in [0.1, 0.15) is 19.4 Å². The first kappa shape index (κ1) is 13.2. The molecule has 0 atom stereocenters. The van der Waals surface area contributed by atoms with Gasteiger partial charge in [-0.05, 0) is 38.3 Å². The molecule has 0 spiro atoms. The number of alkyl halides is 3. The molecule has 1 rings (SSSR count). The zero-order valence-electron chi connectivity index (χ0n) is 9.26. The van der Waals surface area contributed by atoms with E-state index in [0.717, 1.165) is 11.0 Å². The molecule has 1 aromatic rings. The standard InChI is InChI=1S/C11H13F3OS/c1-7(2)15-10-6-8(16-3)4-5-9(10)11(12,13)14/h4-7H,1-3H3. The van der Waals surface area contributed by atoms with Crippen molar-refractivity contribution >= 4 is 11.8 Å². The van der Waals surface area contributed by atoms with Gasteiger partial charge in [0, 0.05) is 4.90 Å². The number of hydrogen-bond acceptors (Lipinski definition) is 2. The average molecular weight is 250 g/mol. The lowest BCUT2D eigenvalue weighted by Gasteiger charge is -2.16. The molecule has 0 aliphatic rings. The minimum Gasteiger partial charge on any atom is -0.490 e. The molecule has 16 heavy (non-hydrogen) atoms. The van der Waals surface area contributed by atoms with E-state index in [4.69, 9.17) is 4.74 Å². The Morgan fingerprint density at radius 3 is 2.31 bits per heavy atom. The predicted molar refractivity (Wildman–Crippen MR) is 59.0 cm³/mol. The number of rotatable bonds is 3. The van der Waals surface area contributed by atoms with E-state index in [0.29, 0.717) is 0 Å². The molecule has 0 heterocycles. The highest BCUT2D eigenvalue weighted by atomic mass is 32.2. The topological polar surface area (TPSA) is 9.23 Å². The Morgan fingerprint density at radius 2 is 1.88 bits per heavy atom. The molecule has 0 unspecified atom stereocenters. The summed E-state index contributed by atoms with van der Waals surface area (Å²) in [7, 11) is 0. The molecule has 0 aliphatic heterocycles. The van der Waals surface area contributed by atoms with Crippen LogP contribution in [-0.2, 0) is 6.18 Å². The fraction of sp³-hybridized carbons (Fsp3) is 0.455. The Kier molecular flexibility index (Phi) is 4.13. The van der Waals surface area contributed by atoms with Gasteiger partial charge in [-0.15, -0.1) is 11.8 Å². The number of halogens is 3. The van der Waals surface area contributed by atoms with Crippen LogP contribution in [0.5, 0.6) is 5.75 Å². The first-order valence-corrected chi connectivity index (χ1v) is 5.99. The van der Waals surface area contributed by atoms with Gasteiger partial charge in [0.25, 0.3) is 0 Å². The highest BCUT2D eigenvalue weighted by Gasteiger charge is 2.34. The molecular formula is C11H13F3OS. The fourth-order valence-corrected chi connectivity index (χ4v) is 1.64. The van der Waals surface area contributed by atoms with Gasteiger partial charge in [-0.25, -0.2) is 0 Å². The lowest BCUT2D eigenvalue weighted by atomic mass is 10.2. The van der Waals surface area contributed by atoms with Crippen molar-refractivity contribution in [3.8, 4) is 5.75 Å². The maximum atomic E-state index is 12.6. The molecule has 5 heteroatoms. The SMILES string of the molecule is CSc1ccc(C(F)(F)F)c(OC(C)C)c1. The van der Waals surface area contributed by atoms with Crippen LogP contribution in [0.15, 0.2) is 23.1 Å². The van der Waals surface area contributed by atoms with Crippen molar-refractivity contribution in [2.24, 2.45) is 0 Å². The molecule has 0 fully saturated rings. The third-order valence-corrected chi connectivity index (χ3v) is 2.58. The lowest BCUT2D eigenvalue weighted by Crippen LogP contribution is -2.12. The Labute approximate surface area is 97.0 Å². The van der Waals surface area contributed by atoms with Crippen molar-refractivity contribution in [2.45, 2.75) is 31.0 Å². The van der Waals surface area contributed by atoms with Crippen LogP contribution in [0.3, 0.4) is 0 Å². The Morgan fingerprint density at radius 1 is 1.25 bits per heavy atom. The second-order valence-electron chi connectivity index (χ2n) is 3.53. The number of thioether (sulfide) groups is 1. The van der Waals surface area contributed by atoms with Crippen molar-refractivity contribution < 1.29 is 17.9 Å². The van der Waals surface area contributed by atoms with Gasteiger partial charge in [0.1, 0.15) is 5.75 Å². The first-order chi connectivity index (χ1) is 7.34. The van der Waals surface area contributed by atoms with Crippen LogP contribution in [0.25, 0.3) is 0 Å². The van der Waals surface area contributed by atoms with Gasteiger partial charge in [0.15, 0.2) is 0 Å². The van der Waals surface area contributed by atoms with E-state index in [1.54, 1.807) is 13.8 Å². The zero-order valence-corrected chi connectivity index (χ0v) is 10.1. The van der Waals surface area contributed by atoms with E-state index < -0.39 is 11.7 Å². The Balaban J connectivity index is 3.16. The van der Waals surface area contributed by atoms with Crippen LogP contribution in [0, 0.1) is 0 Å². The van der Waals surface area contributed by atoms with Crippen LogP contribution < -0.4 is 4.74 Å². The van der Waals surface area contributed by atoms with Gasteiger partial charge in [-0.1, -0.05) is 0 Å². The largest absolute Gasteiger partial charge is 0.490 e. The molecule has 0 N–H and O–H groups in total. The molecule has 0 radical (unpaired) electrons. The van der Waals surface area contributed by atoms with Crippen LogP contribution in [0.4, 0.5) is 13.2 Å². The third-order valence-electron chi connectivity index (χ3n) is 1.86. The van der Waals surface area contributed by atoms with Gasteiger partial charge in [-0.2, -0.15) is 13.2 Å². The van der Waals surface area contributed by atoms with Crippen LogP contribution >= 0.6 is 11.8 Å². The monoisotopic (exact) mass is 250 g/mol. The molecule has 0 aliphatic carbocycles. The van der Waals surface area contributed by atoms with Gasteiger partial charge >= 0.3 is 6.18 Å². The summed E-state index contributed by atoms with van der Waals surface area (Å²) in [6, 6.07) is 3.93. The Hall–Kier alpha value is -0.840. The van der Waals surface area contributed by atoms with Gasteiger partial charge < -0.3 is 4.74 Å². The molecule has 90 valence electrons. The molecule has 0 saturated carbocycles. The summed E-state index contributed by atoms with van der Waals surface area (Å²) in [5.41, 5.74) is -0.723. The maximum Gasteiger partial charge on any atom is 0.419 e. The lowest BCUT2D eigenvalue weighted by molar-refractivity contribution is -0.139. The normalized spacial score (nSPS) is 11.9. The van der Waals surface area contributed by atoms with E-state index in [1.807, 2.05) is 6.26 Å². The minimum absolute atomic E-state index is 0.102. The smallest absolute Gasteiger partial charge is 0.419 e. The summed E-state index contributed by atoms with van der Waals surface area (Å²) in [6.07, 6.45) is -2.85. The fourth-order valence-electron chi connectivity index (χ4n) is 1.22. The van der Waals surface area contributed by atoms with E-state index in [-0.39, 0.29) is 11.9 Å². The van der Waals surface area contributed by atoms with Gasteiger partial charge in [0.05, 0.1) is 11.7 Å². The van der Waals surface area contributed by atoms with Crippen molar-refractivity contribution in [3.63, 3.8) is 0 Å². The molecular weight excluding hydrogens is 237 g/mol. The molecule has 0 amide bonds. The van der Waals surface area contributed by atoms with Crippen LogP contribution in [0.2, 0.25) is 0 Å². The van der Waals surface area contributed by atoms with E-state index >= 15 is 0 Å². The van der Waals surface area contributed by atoms with Crippen molar-refractivity contribution in [1.82, 2.24) is 0 Å². The van der Waals surface area contributed by atoms with Gasteiger partial charge in [0.2, 0.25) is 0 Å². The van der Waals surface area contributed by atoms with Gasteiger partial charge in [-0.3, -0.25) is 0 Å². The van der Waals surface area contributed by atoms with Crippen molar-refractivity contribution in [1.29, 1.82) is 0 Å². The molecule has 0 bridgehead atoms. The van der Waals surface area contributed by atoms with E-state index in [2.05, 4.69) is 0 Å². The van der Waals surface area contributed by atoms with Crippen molar-refractivity contribution in [2.75, 3.05) is 6.26 Å². The molecule has 1 aromatic carbocycles. The quantitative estimate of drug-likeness (QED) is 0.743. The second-order valence-corrected chi connectivity index (χ2v) is 4.41. The summed E-state index contributed by atoms with van der Waals surface area (Å²) < 4.78 is 43.1. The summed E-state index contributed by atoms with van der Waals surface area (Å²) in [5, 5.41) is 0. The summed E-state index contributed by atoms with van der Waals surface area (Å²) in [5.74, 6) is -0.102. The average Bonchev–Trinajstić information content (AvgIpc) is 2.14. The van der Waals surface area contributed by atoms with Crippen molar-refractivity contribution in [3.05, 3.63) is 23.8 Å². The van der Waals surface area contributed by atoms with E-state index in [9.17, 15) is 13.2 Å². The summed E-state index contributed by atoms with van der Waals surface area (Å²) in [6.45, 7) is 3.40. The summed E-state index contributed by atoms with van der Waals surface area (Å²) >= 11 is 1.38. The number of benzene rings is 1. The van der Waals surface area contributed by atoms with E-state index in [1.165, 1.54) is 23.9 Å². The highest BCUT2D eigenvalue weighted by molar-refractivity contribution is 7.98. The summed E-state index contributed by atoms with van der Waals surface area (Å²) in [4.78, 5) is 0.753. The zero-order chi connectivity index (χ0) is 12.3. The first-order valence-electron chi connectivity index (χ1n) is 4.76. The molecule has 0 aromatic heterocycles. The third kappa shape index (κ3) is 3.33. The maximum absolute atomic E-state index is 12.6. The molecule has 1 nitrogen and oxygen atoms in total. The molecule has 0 saturated heterocycles. The Bertz CT molecular complexity index is 361. The predicted octanol–water partition coefficient (Wildman–Crippen LogP) is 4.21. The number of hydrogen-bond donors (Lipinski definition) is 0. The van der Waals surface area contributed by atoms with Crippen LogP contribution in [-0.4, -0.2) is 12.4 Å². The highest BCUT2D eigenvalue weighted by Crippen LogP contribution is 2.38.